The second-order valence-electron chi connectivity index (χ2n) is 24.3. The maximum absolute atomic E-state index is 11.2. The number of benzene rings is 14. The van der Waals surface area contributed by atoms with Crippen LogP contribution in [0.5, 0.6) is 0 Å². The number of fused-ring (bicyclic) bond motifs is 9. The third kappa shape index (κ3) is 9.36. The van der Waals surface area contributed by atoms with Crippen LogP contribution < -0.4 is 36.5 Å². The summed E-state index contributed by atoms with van der Waals surface area (Å²) in [6.07, 6.45) is 0. The van der Waals surface area contributed by atoms with Gasteiger partial charge in [0, 0.05) is 55.3 Å². The first-order valence-corrected chi connectivity index (χ1v) is 34.2. The van der Waals surface area contributed by atoms with Gasteiger partial charge in [-0.3, -0.25) is 4.57 Å². The van der Waals surface area contributed by atoms with E-state index in [1.807, 2.05) is 72.8 Å². The molecule has 0 unspecified atom stereocenters. The molecule has 0 amide bonds. The first-order valence-electron chi connectivity index (χ1n) is 34.2. The van der Waals surface area contributed by atoms with Gasteiger partial charge in [-0.1, -0.05) is 309 Å². The summed E-state index contributed by atoms with van der Waals surface area (Å²) in [7, 11) is -3.99. The highest BCUT2D eigenvalue weighted by atomic mass is 28.3. The standard InChI is InChI=1S/C87H59BN6Si/c1-5-27-60(28-6-1)62-31-24-40-70(56-62)95(69-38-11-4-12-39-69,71-41-25-32-63(57-71)61-29-7-2-8-30-61)72-42-26-34-65(58-72)86-89-85(64-33-23-37-68(55-64)94-84-52-22-17-44-74(84)73-43-13-18-48-79(73)88(94)66-35-9-3-10-36-66)90-87(91-86)93-82-51-21-16-47-77(82)78-59-67(53-54-83(78)93)92-80-49-19-14-45-75(80)76-46-15-20-50-81(76)92/h1-59H/i26D,34D,42D,58D. The molecule has 0 aliphatic carbocycles. The molecule has 17 aromatic rings. The summed E-state index contributed by atoms with van der Waals surface area (Å²) in [5.74, 6) is 0.589. The highest BCUT2D eigenvalue weighted by Crippen LogP contribution is 2.42. The number of aromatic nitrogens is 5. The summed E-state index contributed by atoms with van der Waals surface area (Å²) < 4.78 is 46.6. The zero-order valence-electron chi connectivity index (χ0n) is 55.5. The molecule has 6 nitrogen and oxygen atoms in total. The number of hydrogen-bond acceptors (Lipinski definition) is 4. The van der Waals surface area contributed by atoms with E-state index in [4.69, 9.17) is 15.0 Å². The van der Waals surface area contributed by atoms with Crippen LogP contribution in [-0.2, 0) is 0 Å². The lowest BCUT2D eigenvalue weighted by atomic mass is 9.46. The van der Waals surface area contributed by atoms with E-state index in [2.05, 4.69) is 275 Å². The fourth-order valence-corrected chi connectivity index (χ4v) is 19.4. The Kier molecular flexibility index (Phi) is 12.5. The molecule has 0 atom stereocenters. The van der Waals surface area contributed by atoms with Crippen LogP contribution >= 0.6 is 0 Å². The van der Waals surface area contributed by atoms with Crippen LogP contribution in [-0.4, -0.2) is 39.0 Å². The predicted octanol–water partition coefficient (Wildman–Crippen LogP) is 17.0. The summed E-state index contributed by atoms with van der Waals surface area (Å²) in [5, 5.41) is 7.33. The molecule has 1 aliphatic rings. The molecule has 0 bridgehead atoms. The van der Waals surface area contributed by atoms with Crippen molar-refractivity contribution in [2.24, 2.45) is 0 Å². The number of para-hydroxylation sites is 4. The lowest BCUT2D eigenvalue weighted by Gasteiger charge is -2.39. The topological polar surface area (TPSA) is 51.8 Å². The largest absolute Gasteiger partial charge is 0.376 e. The van der Waals surface area contributed by atoms with Crippen molar-refractivity contribution in [3.8, 4) is 67.8 Å². The van der Waals surface area contributed by atoms with Gasteiger partial charge in [-0.2, -0.15) is 9.97 Å². The van der Waals surface area contributed by atoms with Gasteiger partial charge >= 0.3 is 6.85 Å². The summed E-state index contributed by atoms with van der Waals surface area (Å²) in [6, 6.07) is 115. The van der Waals surface area contributed by atoms with Crippen LogP contribution in [0.2, 0.25) is 0 Å². The minimum atomic E-state index is -3.99. The molecule has 4 heterocycles. The highest BCUT2D eigenvalue weighted by molar-refractivity contribution is 7.20. The molecule has 0 fully saturated rings. The van der Waals surface area contributed by atoms with E-state index >= 15 is 0 Å². The van der Waals surface area contributed by atoms with Crippen molar-refractivity contribution in [3.63, 3.8) is 0 Å². The molecule has 0 saturated heterocycles. The van der Waals surface area contributed by atoms with Gasteiger partial charge in [0.05, 0.1) is 27.5 Å². The molecule has 14 aromatic carbocycles. The van der Waals surface area contributed by atoms with E-state index in [0.717, 1.165) is 98.7 Å². The van der Waals surface area contributed by atoms with Crippen LogP contribution in [0.15, 0.2) is 358 Å². The molecule has 0 spiro atoms. The summed E-state index contributed by atoms with van der Waals surface area (Å²) in [4.78, 5) is 19.0. The number of hydrogen-bond donors (Lipinski definition) is 0. The first-order chi connectivity index (χ1) is 48.8. The van der Waals surface area contributed by atoms with Gasteiger partial charge in [0.1, 0.15) is 0 Å². The molecule has 0 N–H and O–H groups in total. The van der Waals surface area contributed by atoms with Crippen LogP contribution in [0, 0.1) is 0 Å². The maximum Gasteiger partial charge on any atom is 0.328 e. The Morgan fingerprint density at radius 1 is 0.316 bits per heavy atom. The second-order valence-corrected chi connectivity index (χ2v) is 28.0. The SMILES string of the molecule is [2H]c1c([2H])c(-c2nc(-c3cccc(N4B(c5ccccc5)c5ccccc5-c5ccccc54)c3)nc(-n3c4ccccc4c4cc(-n5c6ccccc6c6ccccc65)ccc43)n2)c([2H])c([Si](c2ccccc2)(c2cccc(-c3ccccc3)c2)c2cccc(-c3ccccc3)c2)c1[2H]. The minimum absolute atomic E-state index is 0.0263. The van der Waals surface area contributed by atoms with Gasteiger partial charge in [0.15, 0.2) is 19.7 Å². The van der Waals surface area contributed by atoms with E-state index in [9.17, 15) is 5.48 Å². The van der Waals surface area contributed by atoms with Crippen LogP contribution in [0.3, 0.4) is 0 Å². The van der Waals surface area contributed by atoms with Crippen molar-refractivity contribution in [1.82, 2.24) is 24.1 Å². The molecular formula is C87H59BN6Si. The van der Waals surface area contributed by atoms with E-state index in [0.29, 0.717) is 16.6 Å². The van der Waals surface area contributed by atoms with Gasteiger partial charge in [-0.05, 0) is 109 Å². The van der Waals surface area contributed by atoms with Crippen LogP contribution in [0.25, 0.3) is 111 Å². The average Bonchev–Trinajstić information content (AvgIpc) is 1.30. The molecule has 3 aromatic heterocycles. The Labute approximate surface area is 558 Å². The molecule has 0 radical (unpaired) electrons. The minimum Gasteiger partial charge on any atom is -0.376 e. The Morgan fingerprint density at radius 3 is 1.47 bits per heavy atom. The van der Waals surface area contributed by atoms with E-state index in [1.54, 1.807) is 0 Å². The van der Waals surface area contributed by atoms with Gasteiger partial charge < -0.3 is 9.38 Å². The lowest BCUT2D eigenvalue weighted by molar-refractivity contribution is 0.953. The summed E-state index contributed by atoms with van der Waals surface area (Å²) in [6.45, 7) is -0.216. The lowest BCUT2D eigenvalue weighted by Crippen LogP contribution is -2.74. The van der Waals surface area contributed by atoms with Crippen molar-refractivity contribution >= 4 is 102 Å². The van der Waals surface area contributed by atoms with Crippen LogP contribution in [0.1, 0.15) is 5.48 Å². The zero-order chi connectivity index (χ0) is 66.3. The quantitative estimate of drug-likeness (QED) is 0.0904. The fourth-order valence-electron chi connectivity index (χ4n) is 14.8. The zero-order valence-corrected chi connectivity index (χ0v) is 52.5. The first kappa shape index (κ1) is 51.4. The molecule has 1 aliphatic heterocycles. The fraction of sp³-hybridized carbons (Fsp3) is 0. The van der Waals surface area contributed by atoms with Crippen molar-refractivity contribution < 1.29 is 5.48 Å². The van der Waals surface area contributed by atoms with Gasteiger partial charge in [-0.25, -0.2) is 4.98 Å². The van der Waals surface area contributed by atoms with E-state index < -0.39 is 8.07 Å². The number of rotatable bonds is 12. The van der Waals surface area contributed by atoms with Gasteiger partial charge in [0.25, 0.3) is 0 Å². The molecule has 8 heteroatoms. The summed E-state index contributed by atoms with van der Waals surface area (Å²) in [5.41, 5.74) is 16.0. The van der Waals surface area contributed by atoms with Crippen molar-refractivity contribution in [1.29, 1.82) is 0 Å². The monoisotopic (exact) mass is 1230 g/mol. The second kappa shape index (κ2) is 23.2. The molecule has 444 valence electrons. The van der Waals surface area contributed by atoms with Crippen molar-refractivity contribution in [3.05, 3.63) is 358 Å². The van der Waals surface area contributed by atoms with Crippen molar-refractivity contribution in [2.45, 2.75) is 0 Å². The highest BCUT2D eigenvalue weighted by Gasteiger charge is 2.43. The summed E-state index contributed by atoms with van der Waals surface area (Å²) >= 11 is 0. The Bertz CT molecular complexity index is 5890. The van der Waals surface area contributed by atoms with E-state index in [-0.39, 0.29) is 48.4 Å². The number of nitrogens with zero attached hydrogens (tertiary/aromatic N) is 6. The van der Waals surface area contributed by atoms with Crippen LogP contribution in [0.4, 0.5) is 11.4 Å². The maximum atomic E-state index is 11.2. The Morgan fingerprint density at radius 2 is 0.811 bits per heavy atom. The van der Waals surface area contributed by atoms with E-state index in [1.165, 1.54) is 21.8 Å². The van der Waals surface area contributed by atoms with Gasteiger partial charge in [-0.15, -0.1) is 0 Å². The molecule has 0 saturated carbocycles. The number of anilines is 2. The Hall–Kier alpha value is -12.2. The van der Waals surface area contributed by atoms with Crippen molar-refractivity contribution in [2.75, 3.05) is 4.81 Å². The Balaban J connectivity index is 0.915. The third-order valence-electron chi connectivity index (χ3n) is 19.0. The van der Waals surface area contributed by atoms with Gasteiger partial charge in [0.2, 0.25) is 5.95 Å². The smallest absolute Gasteiger partial charge is 0.328 e. The molecular weight excluding hydrogens is 1170 g/mol. The molecule has 95 heavy (non-hydrogen) atoms. The predicted molar refractivity (Wildman–Crippen MR) is 399 cm³/mol. The normalized spacial score (nSPS) is 12.8. The average molecular weight is 1230 g/mol. The third-order valence-corrected chi connectivity index (χ3v) is 23.6. The molecule has 18 rings (SSSR count).